The van der Waals surface area contributed by atoms with Gasteiger partial charge in [-0.2, -0.15) is 0 Å². The average molecular weight is 412 g/mol. The van der Waals surface area contributed by atoms with Crippen LogP contribution in [0, 0.1) is 0 Å². The van der Waals surface area contributed by atoms with Crippen LogP contribution in [0.4, 0.5) is 0 Å². The van der Waals surface area contributed by atoms with Gasteiger partial charge in [0, 0.05) is 16.8 Å². The van der Waals surface area contributed by atoms with Gasteiger partial charge in [0.1, 0.15) is 0 Å². The third-order valence-corrected chi connectivity index (χ3v) is 6.36. The highest BCUT2D eigenvalue weighted by atomic mass is 32.2. The van der Waals surface area contributed by atoms with Crippen LogP contribution >= 0.6 is 11.8 Å². The third-order valence-electron chi connectivity index (χ3n) is 5.43. The highest BCUT2D eigenvalue weighted by molar-refractivity contribution is 7.99. The van der Waals surface area contributed by atoms with Gasteiger partial charge in [0.05, 0.1) is 5.75 Å². The van der Waals surface area contributed by atoms with E-state index >= 15 is 0 Å². The van der Waals surface area contributed by atoms with Crippen LogP contribution in [-0.2, 0) is 12.8 Å². The van der Waals surface area contributed by atoms with E-state index < -0.39 is 0 Å². The zero-order valence-electron chi connectivity index (χ0n) is 16.5. The number of fused-ring (bicyclic) bond motifs is 1. The molecular formula is C25H21N3OS. The maximum absolute atomic E-state index is 12.9. The molecule has 30 heavy (non-hydrogen) atoms. The Labute approximate surface area is 180 Å². The topological polar surface area (TPSA) is 47.8 Å². The van der Waals surface area contributed by atoms with Gasteiger partial charge < -0.3 is 0 Å². The Bertz CT molecular complexity index is 1190. The van der Waals surface area contributed by atoms with Gasteiger partial charge in [-0.15, -0.1) is 10.2 Å². The summed E-state index contributed by atoms with van der Waals surface area (Å²) >= 11 is 1.43. The van der Waals surface area contributed by atoms with E-state index in [1.165, 1.54) is 29.3 Å². The van der Waals surface area contributed by atoms with E-state index in [0.717, 1.165) is 40.6 Å². The summed E-state index contributed by atoms with van der Waals surface area (Å²) in [5, 5.41) is 9.57. The predicted octanol–water partition coefficient (Wildman–Crippen LogP) is 5.40. The molecule has 0 N–H and O–H groups in total. The van der Waals surface area contributed by atoms with Crippen molar-refractivity contribution >= 4 is 17.5 Å². The number of aromatic nitrogens is 3. The zero-order chi connectivity index (χ0) is 20.3. The molecule has 4 nitrogen and oxygen atoms in total. The molecule has 0 aliphatic heterocycles. The van der Waals surface area contributed by atoms with Gasteiger partial charge in [-0.3, -0.25) is 9.36 Å². The molecule has 0 bridgehead atoms. The molecule has 1 aromatic heterocycles. The molecule has 0 unspecified atom stereocenters. The Hall–Kier alpha value is -3.18. The normalized spacial score (nSPS) is 12.7. The van der Waals surface area contributed by atoms with Crippen molar-refractivity contribution in [2.45, 2.75) is 24.4 Å². The fourth-order valence-electron chi connectivity index (χ4n) is 3.91. The summed E-state index contributed by atoms with van der Waals surface area (Å²) in [6, 6.07) is 26.2. The molecule has 1 heterocycles. The van der Waals surface area contributed by atoms with Crippen LogP contribution < -0.4 is 0 Å². The van der Waals surface area contributed by atoms with Gasteiger partial charge in [0.2, 0.25) is 0 Å². The van der Waals surface area contributed by atoms with Crippen LogP contribution in [0.2, 0.25) is 0 Å². The van der Waals surface area contributed by atoms with Gasteiger partial charge in [0.25, 0.3) is 0 Å². The van der Waals surface area contributed by atoms with E-state index in [2.05, 4.69) is 22.3 Å². The highest BCUT2D eigenvalue weighted by Crippen LogP contribution is 2.29. The molecule has 3 aromatic carbocycles. The minimum atomic E-state index is 0.124. The van der Waals surface area contributed by atoms with Crippen LogP contribution in [0.1, 0.15) is 27.9 Å². The molecule has 0 saturated heterocycles. The van der Waals surface area contributed by atoms with Crippen LogP contribution in [0.25, 0.3) is 17.1 Å². The van der Waals surface area contributed by atoms with E-state index in [-0.39, 0.29) is 5.78 Å². The lowest BCUT2D eigenvalue weighted by molar-refractivity contribution is 0.102. The molecule has 5 heteroatoms. The zero-order valence-corrected chi connectivity index (χ0v) is 17.3. The number of hydrogen-bond donors (Lipinski definition) is 0. The molecular weight excluding hydrogens is 390 g/mol. The lowest BCUT2D eigenvalue weighted by Crippen LogP contribution is -2.05. The van der Waals surface area contributed by atoms with Crippen molar-refractivity contribution in [2.24, 2.45) is 0 Å². The summed E-state index contributed by atoms with van der Waals surface area (Å²) in [5.74, 6) is 1.23. The molecule has 5 rings (SSSR count). The number of carbonyl (C=O) groups excluding carboxylic acids is 1. The number of carbonyl (C=O) groups is 1. The summed E-state index contributed by atoms with van der Waals surface area (Å²) in [6.45, 7) is 0. The van der Waals surface area contributed by atoms with Crippen LogP contribution in [-0.4, -0.2) is 26.3 Å². The highest BCUT2D eigenvalue weighted by Gasteiger charge is 2.18. The van der Waals surface area contributed by atoms with Crippen LogP contribution in [0.15, 0.2) is 84.0 Å². The number of aryl methyl sites for hydroxylation is 2. The number of Topliss-reactive ketones (excluding diaryl/α,β-unsaturated/α-hetero) is 1. The molecule has 0 fully saturated rings. The number of para-hydroxylation sites is 1. The minimum absolute atomic E-state index is 0.124. The second-order valence-electron chi connectivity index (χ2n) is 7.39. The second kappa shape index (κ2) is 8.28. The first kappa shape index (κ1) is 18.8. The van der Waals surface area contributed by atoms with E-state index in [4.69, 9.17) is 0 Å². The summed E-state index contributed by atoms with van der Waals surface area (Å²) in [7, 11) is 0. The number of thioether (sulfide) groups is 1. The number of ketones is 1. The molecule has 1 aliphatic carbocycles. The smallest absolute Gasteiger partial charge is 0.196 e. The molecule has 148 valence electrons. The Kier molecular flexibility index (Phi) is 5.20. The van der Waals surface area contributed by atoms with Crippen molar-refractivity contribution in [2.75, 3.05) is 5.75 Å². The third kappa shape index (κ3) is 3.68. The lowest BCUT2D eigenvalue weighted by atomic mass is 10.0. The fourth-order valence-corrected chi connectivity index (χ4v) is 4.75. The van der Waals surface area contributed by atoms with Gasteiger partial charge in [-0.1, -0.05) is 72.4 Å². The number of benzene rings is 3. The average Bonchev–Trinajstić information content (AvgIpc) is 3.45. The monoisotopic (exact) mass is 411 g/mol. The van der Waals surface area contributed by atoms with E-state index in [1.54, 1.807) is 0 Å². The van der Waals surface area contributed by atoms with Gasteiger partial charge in [-0.25, -0.2) is 0 Å². The standard InChI is InChI=1S/C25H21N3OS/c29-23(21-15-14-18-10-7-11-20(18)16-21)17-30-25-27-26-24(19-8-3-1-4-9-19)28(25)22-12-5-2-6-13-22/h1-6,8-9,12-16H,7,10-11,17H2. The van der Waals surface area contributed by atoms with Crippen molar-refractivity contribution in [3.05, 3.63) is 95.6 Å². The lowest BCUT2D eigenvalue weighted by Gasteiger charge is -2.10. The van der Waals surface area contributed by atoms with Gasteiger partial charge >= 0.3 is 0 Å². The van der Waals surface area contributed by atoms with Crippen LogP contribution in [0.5, 0.6) is 0 Å². The maximum Gasteiger partial charge on any atom is 0.196 e. The largest absolute Gasteiger partial charge is 0.293 e. The second-order valence-corrected chi connectivity index (χ2v) is 8.33. The van der Waals surface area contributed by atoms with E-state index in [0.29, 0.717) is 5.75 Å². The number of rotatable bonds is 6. The van der Waals surface area contributed by atoms with E-state index in [9.17, 15) is 4.79 Å². The molecule has 0 saturated carbocycles. The molecule has 0 amide bonds. The molecule has 0 radical (unpaired) electrons. The number of nitrogens with zero attached hydrogens (tertiary/aromatic N) is 3. The first-order chi connectivity index (χ1) is 14.8. The van der Waals surface area contributed by atoms with Gasteiger partial charge in [0.15, 0.2) is 16.8 Å². The molecule has 0 spiro atoms. The first-order valence-corrected chi connectivity index (χ1v) is 11.1. The first-order valence-electron chi connectivity index (χ1n) is 10.1. The van der Waals surface area contributed by atoms with Crippen molar-refractivity contribution in [1.29, 1.82) is 0 Å². The fraction of sp³-hybridized carbons (Fsp3) is 0.160. The molecule has 1 aliphatic rings. The van der Waals surface area contributed by atoms with Crippen molar-refractivity contribution < 1.29 is 4.79 Å². The minimum Gasteiger partial charge on any atom is -0.293 e. The molecule has 4 aromatic rings. The van der Waals surface area contributed by atoms with E-state index in [1.807, 2.05) is 71.3 Å². The maximum atomic E-state index is 12.9. The van der Waals surface area contributed by atoms with Crippen LogP contribution in [0.3, 0.4) is 0 Å². The van der Waals surface area contributed by atoms with Gasteiger partial charge in [-0.05, 0) is 48.6 Å². The quantitative estimate of drug-likeness (QED) is 0.315. The molecule has 0 atom stereocenters. The SMILES string of the molecule is O=C(CSc1nnc(-c2ccccc2)n1-c1ccccc1)c1ccc2c(c1)CCC2. The summed E-state index contributed by atoms with van der Waals surface area (Å²) in [4.78, 5) is 12.9. The Morgan fingerprint density at radius 1 is 0.867 bits per heavy atom. The Morgan fingerprint density at radius 2 is 1.60 bits per heavy atom. The summed E-state index contributed by atoms with van der Waals surface area (Å²) < 4.78 is 2.02. The van der Waals surface area contributed by atoms with Crippen molar-refractivity contribution in [1.82, 2.24) is 14.8 Å². The Balaban J connectivity index is 1.43. The Morgan fingerprint density at radius 3 is 2.40 bits per heavy atom. The van der Waals surface area contributed by atoms with Crippen molar-refractivity contribution in [3.8, 4) is 17.1 Å². The summed E-state index contributed by atoms with van der Waals surface area (Å²) in [5.41, 5.74) is 5.47. The summed E-state index contributed by atoms with van der Waals surface area (Å²) in [6.07, 6.45) is 3.39. The number of hydrogen-bond acceptors (Lipinski definition) is 4. The predicted molar refractivity (Wildman–Crippen MR) is 120 cm³/mol. The van der Waals surface area contributed by atoms with Crippen molar-refractivity contribution in [3.63, 3.8) is 0 Å².